The van der Waals surface area contributed by atoms with Crippen LogP contribution < -0.4 is 22.1 Å². The first-order valence-electron chi connectivity index (χ1n) is 8.53. The Morgan fingerprint density at radius 3 is 2.39 bits per heavy atom. The van der Waals surface area contributed by atoms with Gasteiger partial charge in [0, 0.05) is 13.0 Å². The van der Waals surface area contributed by atoms with E-state index in [1.807, 2.05) is 0 Å². The molecule has 1 atom stereocenters. The lowest BCUT2D eigenvalue weighted by molar-refractivity contribution is -0.127. The van der Waals surface area contributed by atoms with Crippen LogP contribution in [0.4, 0.5) is 0 Å². The molecule has 0 aromatic carbocycles. The molecule has 0 aliphatic rings. The number of unbranched alkanes of at least 4 members (excludes halogenated alkanes) is 4. The number of Topliss-reactive ketones (excluding diaryl/α,β-unsaturated/α-hetero) is 1. The summed E-state index contributed by atoms with van der Waals surface area (Å²) in [5, 5.41) is 5.67. The van der Waals surface area contributed by atoms with E-state index in [0.717, 1.165) is 19.3 Å². The fraction of sp³-hybridized carbons (Fsp3) is 0.812. The van der Waals surface area contributed by atoms with E-state index in [-0.39, 0.29) is 24.2 Å². The molecule has 7 nitrogen and oxygen atoms in total. The molecule has 0 rings (SSSR count). The minimum absolute atomic E-state index is 0.0171. The summed E-state index contributed by atoms with van der Waals surface area (Å²) in [5.41, 5.74) is 10.5. The summed E-state index contributed by atoms with van der Waals surface area (Å²) in [4.78, 5) is 27.9. The lowest BCUT2D eigenvalue weighted by Crippen LogP contribution is -2.44. The molecule has 7 heteroatoms. The van der Waals surface area contributed by atoms with Crippen molar-refractivity contribution in [2.75, 3.05) is 20.1 Å². The highest BCUT2D eigenvalue weighted by atomic mass is 16.2. The second kappa shape index (κ2) is 14.0. The number of rotatable bonds is 14. The monoisotopic (exact) mass is 327 g/mol. The number of aliphatic imine (C=N–C) groups is 1. The van der Waals surface area contributed by atoms with Gasteiger partial charge in [-0.15, -0.1) is 0 Å². The van der Waals surface area contributed by atoms with E-state index in [2.05, 4.69) is 22.5 Å². The third-order valence-corrected chi connectivity index (χ3v) is 3.53. The Morgan fingerprint density at radius 2 is 1.78 bits per heavy atom. The van der Waals surface area contributed by atoms with Crippen LogP contribution in [0.1, 0.15) is 58.3 Å². The van der Waals surface area contributed by atoms with E-state index in [1.54, 1.807) is 7.05 Å². The van der Waals surface area contributed by atoms with Gasteiger partial charge in [0.2, 0.25) is 5.91 Å². The number of amides is 1. The van der Waals surface area contributed by atoms with Crippen molar-refractivity contribution in [3.8, 4) is 0 Å². The number of likely N-dealkylation sites (N-methyl/N-ethyl adjacent to an activating group) is 1. The minimum Gasteiger partial charge on any atom is -0.370 e. The maximum absolute atomic E-state index is 12.1. The largest absolute Gasteiger partial charge is 0.370 e. The Labute approximate surface area is 139 Å². The summed E-state index contributed by atoms with van der Waals surface area (Å²) in [6.45, 7) is 2.86. The van der Waals surface area contributed by atoms with Crippen molar-refractivity contribution in [3.05, 3.63) is 0 Å². The van der Waals surface area contributed by atoms with Gasteiger partial charge in [-0.05, 0) is 26.3 Å². The number of guanidine groups is 1. The first-order chi connectivity index (χ1) is 11.0. The van der Waals surface area contributed by atoms with Crippen LogP contribution in [0.3, 0.4) is 0 Å². The lowest BCUT2D eigenvalue weighted by atomic mass is 10.1. The molecule has 0 aliphatic heterocycles. The number of carbonyl (C=O) groups excluding carboxylic acids is 2. The van der Waals surface area contributed by atoms with E-state index in [0.29, 0.717) is 25.8 Å². The molecular formula is C16H33N5O2. The second-order valence-electron chi connectivity index (χ2n) is 5.73. The normalized spacial score (nSPS) is 11.7. The van der Waals surface area contributed by atoms with E-state index < -0.39 is 6.04 Å². The number of carbonyl (C=O) groups is 2. The number of nitrogens with one attached hydrogen (secondary N) is 2. The predicted octanol–water partition coefficient (Wildman–Crippen LogP) is 0.674. The molecule has 0 aromatic heterocycles. The average Bonchev–Trinajstić information content (AvgIpc) is 2.50. The van der Waals surface area contributed by atoms with E-state index >= 15 is 0 Å². The molecule has 1 amide bonds. The molecule has 0 saturated heterocycles. The predicted molar refractivity (Wildman–Crippen MR) is 94.2 cm³/mol. The van der Waals surface area contributed by atoms with E-state index in [4.69, 9.17) is 11.5 Å². The first-order valence-corrected chi connectivity index (χ1v) is 8.53. The fourth-order valence-electron chi connectivity index (χ4n) is 2.27. The van der Waals surface area contributed by atoms with Gasteiger partial charge in [-0.3, -0.25) is 14.6 Å². The maximum atomic E-state index is 12.1. The zero-order valence-electron chi connectivity index (χ0n) is 14.6. The number of hydrogen-bond acceptors (Lipinski definition) is 4. The van der Waals surface area contributed by atoms with Crippen molar-refractivity contribution in [3.63, 3.8) is 0 Å². The van der Waals surface area contributed by atoms with Gasteiger partial charge < -0.3 is 22.1 Å². The zero-order valence-corrected chi connectivity index (χ0v) is 14.6. The van der Waals surface area contributed by atoms with Gasteiger partial charge in [0.25, 0.3) is 0 Å². The Kier molecular flexibility index (Phi) is 13.0. The molecular weight excluding hydrogens is 294 g/mol. The van der Waals surface area contributed by atoms with Crippen LogP contribution in [0, 0.1) is 0 Å². The number of nitrogens with two attached hydrogens (primary N) is 2. The number of ketones is 1. The minimum atomic E-state index is -0.472. The standard InChI is InChI=1S/C16H33N5O2/c1-3-4-5-6-7-10-15(23)21-13(14(22)12-19-2)9-8-11-20-16(17)18/h13,19H,3-12H2,1-2H3,(H,21,23)(H4,17,18,20). The highest BCUT2D eigenvalue weighted by Gasteiger charge is 2.19. The fourth-order valence-corrected chi connectivity index (χ4v) is 2.27. The summed E-state index contributed by atoms with van der Waals surface area (Å²) < 4.78 is 0. The van der Waals surface area contributed by atoms with Gasteiger partial charge >= 0.3 is 0 Å². The zero-order chi connectivity index (χ0) is 17.5. The van der Waals surface area contributed by atoms with Crippen molar-refractivity contribution in [1.82, 2.24) is 10.6 Å². The summed E-state index contributed by atoms with van der Waals surface area (Å²) in [6.07, 6.45) is 7.13. The molecule has 134 valence electrons. The SMILES string of the molecule is CCCCCCCC(=O)NC(CCCN=C(N)N)C(=O)CNC. The van der Waals surface area contributed by atoms with Crippen molar-refractivity contribution < 1.29 is 9.59 Å². The third-order valence-electron chi connectivity index (χ3n) is 3.53. The van der Waals surface area contributed by atoms with Crippen molar-refractivity contribution in [2.45, 2.75) is 64.3 Å². The first kappa shape index (κ1) is 21.4. The molecule has 6 N–H and O–H groups in total. The van der Waals surface area contributed by atoms with E-state index in [9.17, 15) is 9.59 Å². The molecule has 0 fully saturated rings. The van der Waals surface area contributed by atoms with Crippen LogP contribution in [0.15, 0.2) is 4.99 Å². The maximum Gasteiger partial charge on any atom is 0.220 e. The Bertz CT molecular complexity index is 367. The molecule has 0 heterocycles. The van der Waals surface area contributed by atoms with Crippen LogP contribution in [-0.2, 0) is 9.59 Å². The summed E-state index contributed by atoms with van der Waals surface area (Å²) in [5.74, 6) is -0.0338. The number of nitrogens with zero attached hydrogens (tertiary/aromatic N) is 1. The van der Waals surface area contributed by atoms with Crippen LogP contribution in [0.5, 0.6) is 0 Å². The van der Waals surface area contributed by atoms with Gasteiger partial charge in [-0.2, -0.15) is 0 Å². The molecule has 23 heavy (non-hydrogen) atoms. The molecule has 1 unspecified atom stereocenters. The van der Waals surface area contributed by atoms with Crippen LogP contribution >= 0.6 is 0 Å². The Morgan fingerprint density at radius 1 is 1.09 bits per heavy atom. The summed E-state index contributed by atoms with van der Waals surface area (Å²) >= 11 is 0. The van der Waals surface area contributed by atoms with Gasteiger partial charge in [0.15, 0.2) is 11.7 Å². The van der Waals surface area contributed by atoms with Gasteiger partial charge in [0.05, 0.1) is 12.6 Å². The van der Waals surface area contributed by atoms with Crippen molar-refractivity contribution in [1.29, 1.82) is 0 Å². The lowest BCUT2D eigenvalue weighted by Gasteiger charge is -2.17. The average molecular weight is 327 g/mol. The molecule has 0 aromatic rings. The molecule has 0 bridgehead atoms. The van der Waals surface area contributed by atoms with Crippen LogP contribution in [0.25, 0.3) is 0 Å². The molecule has 0 aliphatic carbocycles. The van der Waals surface area contributed by atoms with Crippen molar-refractivity contribution >= 4 is 17.6 Å². The Balaban J connectivity index is 4.20. The van der Waals surface area contributed by atoms with Gasteiger partial charge in [-0.25, -0.2) is 0 Å². The number of hydrogen-bond donors (Lipinski definition) is 4. The topological polar surface area (TPSA) is 123 Å². The summed E-state index contributed by atoms with van der Waals surface area (Å²) in [6, 6.07) is -0.472. The van der Waals surface area contributed by atoms with Crippen molar-refractivity contribution in [2.24, 2.45) is 16.5 Å². The Hall–Kier alpha value is -1.63. The third kappa shape index (κ3) is 12.6. The molecule has 0 saturated carbocycles. The molecule has 0 radical (unpaired) electrons. The molecule has 0 spiro atoms. The quantitative estimate of drug-likeness (QED) is 0.212. The van der Waals surface area contributed by atoms with E-state index in [1.165, 1.54) is 12.8 Å². The van der Waals surface area contributed by atoms with Crippen LogP contribution in [-0.4, -0.2) is 43.8 Å². The summed E-state index contributed by atoms with van der Waals surface area (Å²) in [7, 11) is 1.71. The second-order valence-corrected chi connectivity index (χ2v) is 5.73. The van der Waals surface area contributed by atoms with Gasteiger partial charge in [-0.1, -0.05) is 32.6 Å². The highest BCUT2D eigenvalue weighted by Crippen LogP contribution is 2.06. The smallest absolute Gasteiger partial charge is 0.220 e. The highest BCUT2D eigenvalue weighted by molar-refractivity contribution is 5.90. The van der Waals surface area contributed by atoms with Gasteiger partial charge in [0.1, 0.15) is 0 Å². The van der Waals surface area contributed by atoms with Crippen LogP contribution in [0.2, 0.25) is 0 Å².